The summed E-state index contributed by atoms with van der Waals surface area (Å²) in [4.78, 5) is 16.2. The van der Waals surface area contributed by atoms with E-state index in [0.29, 0.717) is 18.1 Å². The van der Waals surface area contributed by atoms with Crippen molar-refractivity contribution in [3.8, 4) is 0 Å². The molecule has 116 valence electrons. The summed E-state index contributed by atoms with van der Waals surface area (Å²) in [7, 11) is 0. The number of hydrogen-bond donors (Lipinski definition) is 2. The highest BCUT2D eigenvalue weighted by atomic mass is 35.5. The summed E-state index contributed by atoms with van der Waals surface area (Å²) in [5, 5.41) is 12.9. The quantitative estimate of drug-likeness (QED) is 0.900. The van der Waals surface area contributed by atoms with E-state index in [1.807, 2.05) is 13.8 Å². The molecule has 1 aliphatic rings. The second-order valence-corrected chi connectivity index (χ2v) is 6.32. The monoisotopic (exact) mass is 311 g/mol. The van der Waals surface area contributed by atoms with E-state index in [2.05, 4.69) is 10.2 Å². The zero-order chi connectivity index (χ0) is 15.5. The van der Waals surface area contributed by atoms with Gasteiger partial charge in [-0.3, -0.25) is 4.90 Å². The summed E-state index contributed by atoms with van der Waals surface area (Å²) in [6.45, 7) is 6.98. The number of urea groups is 1. The maximum absolute atomic E-state index is 12.2. The van der Waals surface area contributed by atoms with Crippen LogP contribution in [0.5, 0.6) is 0 Å². The van der Waals surface area contributed by atoms with E-state index in [4.69, 9.17) is 11.6 Å². The average Bonchev–Trinajstić information content (AvgIpc) is 2.49. The van der Waals surface area contributed by atoms with E-state index in [1.165, 1.54) is 0 Å². The van der Waals surface area contributed by atoms with Gasteiger partial charge < -0.3 is 15.3 Å². The molecule has 2 amide bonds. The van der Waals surface area contributed by atoms with Crippen LogP contribution >= 0.6 is 11.6 Å². The number of amides is 2. The number of aliphatic hydroxyl groups excluding tert-OH is 1. The van der Waals surface area contributed by atoms with Crippen LogP contribution in [0.25, 0.3) is 0 Å². The number of nitrogens with zero attached hydrogens (tertiary/aromatic N) is 2. The number of nitrogens with one attached hydrogen (secondary N) is 1. The normalized spacial score (nSPS) is 16.9. The van der Waals surface area contributed by atoms with Crippen LogP contribution in [0.3, 0.4) is 0 Å². The van der Waals surface area contributed by atoms with Crippen molar-refractivity contribution in [3.05, 3.63) is 29.3 Å². The first-order valence-electron chi connectivity index (χ1n) is 7.10. The van der Waals surface area contributed by atoms with Crippen molar-refractivity contribution in [2.75, 3.05) is 38.1 Å². The zero-order valence-electron chi connectivity index (χ0n) is 12.5. The molecule has 5 nitrogen and oxygen atoms in total. The van der Waals surface area contributed by atoms with Gasteiger partial charge in [0, 0.05) is 42.4 Å². The van der Waals surface area contributed by atoms with Gasteiger partial charge in [-0.1, -0.05) is 11.6 Å². The van der Waals surface area contributed by atoms with Crippen LogP contribution in [0.15, 0.2) is 24.3 Å². The van der Waals surface area contributed by atoms with Gasteiger partial charge in [0.2, 0.25) is 0 Å². The molecule has 21 heavy (non-hydrogen) atoms. The van der Waals surface area contributed by atoms with Gasteiger partial charge in [-0.25, -0.2) is 4.79 Å². The Labute approximate surface area is 130 Å². The minimum Gasteiger partial charge on any atom is -0.394 e. The Kier molecular flexibility index (Phi) is 5.08. The average molecular weight is 312 g/mol. The summed E-state index contributed by atoms with van der Waals surface area (Å²) in [6.07, 6.45) is 0. The molecule has 0 atom stereocenters. The number of rotatable bonds is 3. The maximum atomic E-state index is 12.2. The van der Waals surface area contributed by atoms with Crippen molar-refractivity contribution >= 4 is 23.3 Å². The molecule has 0 bridgehead atoms. The molecule has 1 fully saturated rings. The number of carbonyl (C=O) groups excluding carboxylic acids is 1. The number of hydrogen-bond acceptors (Lipinski definition) is 3. The van der Waals surface area contributed by atoms with Crippen molar-refractivity contribution in [1.29, 1.82) is 0 Å². The van der Waals surface area contributed by atoms with Gasteiger partial charge in [0.05, 0.1) is 6.61 Å². The molecule has 0 aromatic heterocycles. The highest BCUT2D eigenvalue weighted by Gasteiger charge is 2.30. The number of halogens is 1. The molecular formula is C15H22ClN3O2. The number of aliphatic hydroxyl groups is 1. The van der Waals surface area contributed by atoms with Crippen LogP contribution in [0.2, 0.25) is 5.02 Å². The Morgan fingerprint density at radius 1 is 1.24 bits per heavy atom. The Morgan fingerprint density at radius 3 is 2.33 bits per heavy atom. The topological polar surface area (TPSA) is 55.8 Å². The Balaban J connectivity index is 1.87. The molecule has 1 aromatic rings. The van der Waals surface area contributed by atoms with E-state index in [-0.39, 0.29) is 18.2 Å². The molecular weight excluding hydrogens is 290 g/mol. The van der Waals surface area contributed by atoms with Gasteiger partial charge in [0.15, 0.2) is 0 Å². The summed E-state index contributed by atoms with van der Waals surface area (Å²) >= 11 is 5.82. The molecule has 0 radical (unpaired) electrons. The molecule has 0 aliphatic carbocycles. The molecule has 1 aromatic carbocycles. The van der Waals surface area contributed by atoms with Crippen molar-refractivity contribution < 1.29 is 9.90 Å². The van der Waals surface area contributed by atoms with Crippen LogP contribution < -0.4 is 5.32 Å². The molecule has 1 heterocycles. The molecule has 0 saturated carbocycles. The van der Waals surface area contributed by atoms with Crippen molar-refractivity contribution in [2.24, 2.45) is 0 Å². The van der Waals surface area contributed by atoms with Crippen LogP contribution in [0.4, 0.5) is 10.5 Å². The second-order valence-electron chi connectivity index (χ2n) is 5.88. The summed E-state index contributed by atoms with van der Waals surface area (Å²) in [6, 6.07) is 6.97. The molecule has 0 unspecified atom stereocenters. The Bertz CT molecular complexity index is 482. The molecule has 0 spiro atoms. The fourth-order valence-corrected chi connectivity index (χ4v) is 2.48. The van der Waals surface area contributed by atoms with Gasteiger partial charge in [-0.2, -0.15) is 0 Å². The highest BCUT2D eigenvalue weighted by molar-refractivity contribution is 6.30. The molecule has 2 rings (SSSR count). The van der Waals surface area contributed by atoms with Gasteiger partial charge in [0.1, 0.15) is 0 Å². The second kappa shape index (κ2) is 6.64. The smallest absolute Gasteiger partial charge is 0.321 e. The minimum atomic E-state index is -0.237. The number of benzene rings is 1. The number of carbonyl (C=O) groups is 1. The minimum absolute atomic E-state index is 0.0984. The van der Waals surface area contributed by atoms with E-state index in [9.17, 15) is 9.90 Å². The highest BCUT2D eigenvalue weighted by Crippen LogP contribution is 2.18. The predicted octanol–water partition coefficient (Wildman–Crippen LogP) is 2.26. The van der Waals surface area contributed by atoms with Crippen LogP contribution in [-0.4, -0.2) is 59.3 Å². The van der Waals surface area contributed by atoms with E-state index in [1.54, 1.807) is 29.2 Å². The van der Waals surface area contributed by atoms with Crippen molar-refractivity contribution in [3.63, 3.8) is 0 Å². The first kappa shape index (κ1) is 16.1. The van der Waals surface area contributed by atoms with Crippen LogP contribution in [0, 0.1) is 0 Å². The zero-order valence-corrected chi connectivity index (χ0v) is 13.2. The summed E-state index contributed by atoms with van der Waals surface area (Å²) < 4.78 is 0. The lowest BCUT2D eigenvalue weighted by Gasteiger charge is -2.43. The van der Waals surface area contributed by atoms with Crippen molar-refractivity contribution in [1.82, 2.24) is 9.80 Å². The largest absolute Gasteiger partial charge is 0.394 e. The predicted molar refractivity (Wildman–Crippen MR) is 84.8 cm³/mol. The number of anilines is 1. The van der Waals surface area contributed by atoms with E-state index < -0.39 is 0 Å². The fourth-order valence-electron chi connectivity index (χ4n) is 2.35. The SMILES string of the molecule is CC(C)(CO)N1CCN(C(=O)Nc2ccc(Cl)cc2)CC1. The van der Waals surface area contributed by atoms with Gasteiger partial charge in [-0.05, 0) is 38.1 Å². The first-order valence-corrected chi connectivity index (χ1v) is 7.47. The third kappa shape index (κ3) is 4.09. The molecule has 1 aliphatic heterocycles. The van der Waals surface area contributed by atoms with E-state index >= 15 is 0 Å². The summed E-state index contributed by atoms with van der Waals surface area (Å²) in [5.41, 5.74) is 0.501. The number of piperazine rings is 1. The lowest BCUT2D eigenvalue weighted by molar-refractivity contribution is 0.0267. The Hall–Kier alpha value is -1.30. The third-order valence-electron chi connectivity index (χ3n) is 3.91. The third-order valence-corrected chi connectivity index (χ3v) is 4.16. The van der Waals surface area contributed by atoms with Crippen molar-refractivity contribution in [2.45, 2.75) is 19.4 Å². The summed E-state index contributed by atoms with van der Waals surface area (Å²) in [5.74, 6) is 0. The fraction of sp³-hybridized carbons (Fsp3) is 0.533. The van der Waals surface area contributed by atoms with Crippen LogP contribution in [0.1, 0.15) is 13.8 Å². The molecule has 6 heteroatoms. The molecule has 1 saturated heterocycles. The van der Waals surface area contributed by atoms with Gasteiger partial charge in [0.25, 0.3) is 0 Å². The lowest BCUT2D eigenvalue weighted by atomic mass is 10.0. The van der Waals surface area contributed by atoms with Crippen LogP contribution in [-0.2, 0) is 0 Å². The van der Waals surface area contributed by atoms with Gasteiger partial charge >= 0.3 is 6.03 Å². The first-order chi connectivity index (χ1) is 9.92. The van der Waals surface area contributed by atoms with E-state index in [0.717, 1.165) is 18.8 Å². The lowest BCUT2D eigenvalue weighted by Crippen LogP contribution is -2.57. The standard InChI is InChI=1S/C15H22ClN3O2/c1-15(2,11-20)19-9-7-18(8-10-19)14(21)17-13-5-3-12(16)4-6-13/h3-6,20H,7-11H2,1-2H3,(H,17,21). The maximum Gasteiger partial charge on any atom is 0.321 e. The van der Waals surface area contributed by atoms with Gasteiger partial charge in [-0.15, -0.1) is 0 Å². The molecule has 2 N–H and O–H groups in total. The Morgan fingerprint density at radius 2 is 1.81 bits per heavy atom.